The van der Waals surface area contributed by atoms with Crippen molar-refractivity contribution in [3.05, 3.63) is 29.8 Å². The van der Waals surface area contributed by atoms with E-state index in [4.69, 9.17) is 14.9 Å². The molecule has 0 saturated carbocycles. The van der Waals surface area contributed by atoms with Crippen LogP contribution in [0.25, 0.3) is 0 Å². The van der Waals surface area contributed by atoms with Gasteiger partial charge >= 0.3 is 12.0 Å². The van der Waals surface area contributed by atoms with Gasteiger partial charge in [0, 0.05) is 0 Å². The summed E-state index contributed by atoms with van der Waals surface area (Å²) in [6, 6.07) is 6.96. The van der Waals surface area contributed by atoms with Crippen molar-refractivity contribution in [2.45, 2.75) is 13.0 Å². The van der Waals surface area contributed by atoms with E-state index in [-0.39, 0.29) is 13.1 Å². The molecule has 0 heterocycles. The fourth-order valence-electron chi connectivity index (χ4n) is 1.38. The lowest BCUT2D eigenvalue weighted by Crippen LogP contribution is -2.43. The van der Waals surface area contributed by atoms with Gasteiger partial charge in [0.25, 0.3) is 0 Å². The largest absolute Gasteiger partial charge is 0.492 e. The molecule has 1 aromatic rings. The number of hydrogen-bond acceptors (Lipinski definition) is 4. The third-order valence-electron chi connectivity index (χ3n) is 2.39. The molecule has 0 radical (unpaired) electrons. The van der Waals surface area contributed by atoms with E-state index in [9.17, 15) is 9.59 Å². The molecule has 20 heavy (non-hydrogen) atoms. The number of carboxylic acids is 1. The average Bonchev–Trinajstić information content (AvgIpc) is 2.41. The van der Waals surface area contributed by atoms with E-state index in [1.807, 2.05) is 31.2 Å². The highest BCUT2D eigenvalue weighted by molar-refractivity contribution is 5.76. The van der Waals surface area contributed by atoms with Crippen LogP contribution in [0.4, 0.5) is 4.79 Å². The number of aryl methyl sites for hydroxylation is 1. The second-order valence-electron chi connectivity index (χ2n) is 4.16. The van der Waals surface area contributed by atoms with Crippen molar-refractivity contribution < 1.29 is 24.5 Å². The molecule has 1 atom stereocenters. The van der Waals surface area contributed by atoms with Crippen LogP contribution in [-0.4, -0.2) is 48.0 Å². The molecule has 1 aromatic carbocycles. The number of amides is 2. The molecular weight excluding hydrogens is 264 g/mol. The van der Waals surface area contributed by atoms with Crippen molar-refractivity contribution in [3.8, 4) is 5.75 Å². The van der Waals surface area contributed by atoms with E-state index in [0.717, 1.165) is 5.56 Å². The normalized spacial score (nSPS) is 11.5. The molecule has 0 bridgehead atoms. The summed E-state index contributed by atoms with van der Waals surface area (Å²) in [4.78, 5) is 21.6. The Bertz CT molecular complexity index is 464. The number of urea groups is 1. The summed E-state index contributed by atoms with van der Waals surface area (Å²) in [7, 11) is 0. The molecule has 0 aromatic heterocycles. The highest BCUT2D eigenvalue weighted by Crippen LogP contribution is 2.11. The van der Waals surface area contributed by atoms with Crippen LogP contribution in [-0.2, 0) is 4.79 Å². The van der Waals surface area contributed by atoms with Gasteiger partial charge in [0.1, 0.15) is 12.4 Å². The predicted octanol–water partition coefficient (Wildman–Crippen LogP) is 0.119. The number of hydrogen-bond donors (Lipinski definition) is 4. The van der Waals surface area contributed by atoms with Crippen molar-refractivity contribution in [1.82, 2.24) is 10.6 Å². The minimum absolute atomic E-state index is 0.267. The molecule has 1 rings (SSSR count). The maximum Gasteiger partial charge on any atom is 0.334 e. The molecule has 0 fully saturated rings. The zero-order chi connectivity index (χ0) is 15.0. The van der Waals surface area contributed by atoms with E-state index < -0.39 is 18.1 Å². The molecule has 7 heteroatoms. The Hall–Kier alpha value is -2.28. The van der Waals surface area contributed by atoms with Gasteiger partial charge in [-0.05, 0) is 24.6 Å². The van der Waals surface area contributed by atoms with E-state index in [1.54, 1.807) is 0 Å². The Kier molecular flexibility index (Phi) is 6.31. The van der Waals surface area contributed by atoms with E-state index in [0.29, 0.717) is 12.4 Å². The van der Waals surface area contributed by atoms with Crippen molar-refractivity contribution in [2.24, 2.45) is 0 Å². The third-order valence-corrected chi connectivity index (χ3v) is 2.39. The standard InChI is InChI=1S/C13H18N2O5/c1-9-3-2-4-10(7-9)20-6-5-14-13(19)15-8-11(16)12(17)18/h2-4,7,11,16H,5-6,8H2,1H3,(H,17,18)(H2,14,15,19). The molecule has 0 saturated heterocycles. The Balaban J connectivity index is 2.15. The van der Waals surface area contributed by atoms with Crippen LogP contribution in [0.5, 0.6) is 5.75 Å². The molecule has 110 valence electrons. The number of aliphatic hydroxyl groups excluding tert-OH is 1. The minimum Gasteiger partial charge on any atom is -0.492 e. The molecule has 0 aliphatic rings. The summed E-state index contributed by atoms with van der Waals surface area (Å²) in [5.41, 5.74) is 1.08. The van der Waals surface area contributed by atoms with E-state index >= 15 is 0 Å². The van der Waals surface area contributed by atoms with Crippen molar-refractivity contribution in [3.63, 3.8) is 0 Å². The fourth-order valence-corrected chi connectivity index (χ4v) is 1.38. The summed E-state index contributed by atoms with van der Waals surface area (Å²) in [5.74, 6) is -0.665. The molecule has 7 nitrogen and oxygen atoms in total. The lowest BCUT2D eigenvalue weighted by Gasteiger charge is -2.10. The molecule has 2 amide bonds. The van der Waals surface area contributed by atoms with Crippen molar-refractivity contribution in [1.29, 1.82) is 0 Å². The lowest BCUT2D eigenvalue weighted by atomic mass is 10.2. The zero-order valence-corrected chi connectivity index (χ0v) is 11.1. The topological polar surface area (TPSA) is 108 Å². The first-order valence-corrected chi connectivity index (χ1v) is 6.11. The first-order chi connectivity index (χ1) is 9.49. The first-order valence-electron chi connectivity index (χ1n) is 6.11. The van der Waals surface area contributed by atoms with Gasteiger partial charge < -0.3 is 25.6 Å². The molecule has 0 spiro atoms. The SMILES string of the molecule is Cc1cccc(OCCNC(=O)NCC(O)C(=O)O)c1. The highest BCUT2D eigenvalue weighted by atomic mass is 16.5. The summed E-state index contributed by atoms with van der Waals surface area (Å²) < 4.78 is 5.42. The smallest absolute Gasteiger partial charge is 0.334 e. The highest BCUT2D eigenvalue weighted by Gasteiger charge is 2.13. The van der Waals surface area contributed by atoms with Gasteiger partial charge in [-0.15, -0.1) is 0 Å². The third kappa shape index (κ3) is 6.05. The van der Waals surface area contributed by atoms with Gasteiger partial charge in [-0.25, -0.2) is 9.59 Å². The van der Waals surface area contributed by atoms with Crippen molar-refractivity contribution >= 4 is 12.0 Å². The first kappa shape index (κ1) is 15.8. The maximum absolute atomic E-state index is 11.3. The molecule has 0 aliphatic heterocycles. The average molecular weight is 282 g/mol. The number of aliphatic carboxylic acids is 1. The fraction of sp³-hybridized carbons (Fsp3) is 0.385. The van der Waals surface area contributed by atoms with Crippen LogP contribution in [0.2, 0.25) is 0 Å². The summed E-state index contributed by atoms with van der Waals surface area (Å²) in [6.07, 6.45) is -1.61. The lowest BCUT2D eigenvalue weighted by molar-refractivity contribution is -0.146. The quantitative estimate of drug-likeness (QED) is 0.531. The van der Waals surface area contributed by atoms with Crippen LogP contribution in [0.3, 0.4) is 0 Å². The van der Waals surface area contributed by atoms with E-state index in [2.05, 4.69) is 10.6 Å². The number of carboxylic acid groups (broad SMARTS) is 1. The van der Waals surface area contributed by atoms with Crippen molar-refractivity contribution in [2.75, 3.05) is 19.7 Å². The van der Waals surface area contributed by atoms with Crippen LogP contribution >= 0.6 is 0 Å². The molecule has 1 unspecified atom stereocenters. The van der Waals surface area contributed by atoms with Gasteiger partial charge in [-0.2, -0.15) is 0 Å². The van der Waals surface area contributed by atoms with Crippen LogP contribution in [0.15, 0.2) is 24.3 Å². The number of carbonyl (C=O) groups is 2. The summed E-state index contributed by atoms with van der Waals surface area (Å²) >= 11 is 0. The molecule has 4 N–H and O–H groups in total. The van der Waals surface area contributed by atoms with Crippen LogP contribution in [0, 0.1) is 6.92 Å². The van der Waals surface area contributed by atoms with Crippen LogP contribution in [0.1, 0.15) is 5.56 Å². The maximum atomic E-state index is 11.3. The van der Waals surface area contributed by atoms with Gasteiger partial charge in [0.2, 0.25) is 0 Å². The van der Waals surface area contributed by atoms with Gasteiger partial charge in [0.15, 0.2) is 6.10 Å². The van der Waals surface area contributed by atoms with E-state index in [1.165, 1.54) is 0 Å². The number of benzene rings is 1. The Morgan fingerprint density at radius 3 is 2.75 bits per heavy atom. The molecular formula is C13H18N2O5. The second kappa shape index (κ2) is 8.00. The summed E-state index contributed by atoms with van der Waals surface area (Å²) in [6.45, 7) is 2.16. The monoisotopic (exact) mass is 282 g/mol. The number of nitrogens with one attached hydrogen (secondary N) is 2. The number of aliphatic hydroxyl groups is 1. The molecule has 0 aliphatic carbocycles. The minimum atomic E-state index is -1.61. The summed E-state index contributed by atoms with van der Waals surface area (Å²) in [5, 5.41) is 22.1. The number of carbonyl (C=O) groups excluding carboxylic acids is 1. The van der Waals surface area contributed by atoms with Gasteiger partial charge in [0.05, 0.1) is 13.1 Å². The number of rotatable bonds is 7. The Labute approximate surface area is 116 Å². The van der Waals surface area contributed by atoms with Gasteiger partial charge in [-0.3, -0.25) is 0 Å². The zero-order valence-electron chi connectivity index (χ0n) is 11.1. The number of ether oxygens (including phenoxy) is 1. The Morgan fingerprint density at radius 2 is 2.10 bits per heavy atom. The van der Waals surface area contributed by atoms with Crippen LogP contribution < -0.4 is 15.4 Å². The Morgan fingerprint density at radius 1 is 1.35 bits per heavy atom. The predicted molar refractivity (Wildman–Crippen MR) is 71.7 cm³/mol. The van der Waals surface area contributed by atoms with Gasteiger partial charge in [-0.1, -0.05) is 12.1 Å². The second-order valence-corrected chi connectivity index (χ2v) is 4.16.